The van der Waals surface area contributed by atoms with Crippen LogP contribution in [0.3, 0.4) is 0 Å². The second-order valence-corrected chi connectivity index (χ2v) is 4.60. The zero-order valence-electron chi connectivity index (χ0n) is 10.1. The van der Waals surface area contributed by atoms with E-state index in [1.807, 2.05) is 19.1 Å². The van der Waals surface area contributed by atoms with E-state index >= 15 is 0 Å². The Kier molecular flexibility index (Phi) is 2.56. The van der Waals surface area contributed by atoms with Crippen LogP contribution in [0.2, 0.25) is 0 Å². The number of pyridine rings is 1. The van der Waals surface area contributed by atoms with Gasteiger partial charge in [0.05, 0.1) is 12.3 Å². The Hall–Kier alpha value is -1.88. The number of nitrogens with zero attached hydrogens (tertiary/aromatic N) is 2. The number of hydrogen-bond acceptors (Lipinski definition) is 3. The molecule has 0 saturated carbocycles. The van der Waals surface area contributed by atoms with E-state index < -0.39 is 5.97 Å². The monoisotopic (exact) mass is 246 g/mol. The van der Waals surface area contributed by atoms with E-state index in [-0.39, 0.29) is 11.6 Å². The van der Waals surface area contributed by atoms with Gasteiger partial charge in [0.25, 0.3) is 0 Å². The highest BCUT2D eigenvalue weighted by Crippen LogP contribution is 2.28. The number of ether oxygens (including phenoxy) is 1. The van der Waals surface area contributed by atoms with Crippen LogP contribution in [0.15, 0.2) is 18.3 Å². The molecular formula is C13H14N2O3. The Balaban J connectivity index is 2.26. The molecule has 1 aliphatic heterocycles. The summed E-state index contributed by atoms with van der Waals surface area (Å²) < 4.78 is 6.99. The van der Waals surface area contributed by atoms with Crippen LogP contribution in [-0.2, 0) is 4.74 Å². The van der Waals surface area contributed by atoms with Crippen molar-refractivity contribution in [2.45, 2.75) is 19.3 Å². The molecule has 5 heteroatoms. The van der Waals surface area contributed by atoms with E-state index in [4.69, 9.17) is 4.74 Å². The highest BCUT2D eigenvalue weighted by Gasteiger charge is 2.28. The third-order valence-corrected chi connectivity index (χ3v) is 3.39. The van der Waals surface area contributed by atoms with Gasteiger partial charge in [-0.2, -0.15) is 0 Å². The second-order valence-electron chi connectivity index (χ2n) is 4.60. The van der Waals surface area contributed by atoms with E-state index in [1.54, 1.807) is 10.6 Å². The van der Waals surface area contributed by atoms with Crippen molar-refractivity contribution in [2.24, 2.45) is 0 Å². The Morgan fingerprint density at radius 1 is 1.61 bits per heavy atom. The van der Waals surface area contributed by atoms with Crippen molar-refractivity contribution in [3.05, 3.63) is 35.3 Å². The topological polar surface area (TPSA) is 63.8 Å². The second kappa shape index (κ2) is 4.10. The summed E-state index contributed by atoms with van der Waals surface area (Å²) in [5, 5.41) is 9.40. The van der Waals surface area contributed by atoms with Gasteiger partial charge in [0.1, 0.15) is 5.65 Å². The summed E-state index contributed by atoms with van der Waals surface area (Å²) in [7, 11) is 0. The number of aryl methyl sites for hydroxylation is 1. The third kappa shape index (κ3) is 1.59. The van der Waals surface area contributed by atoms with Gasteiger partial charge in [-0.15, -0.1) is 0 Å². The van der Waals surface area contributed by atoms with Crippen LogP contribution in [0.25, 0.3) is 5.65 Å². The molecular weight excluding hydrogens is 232 g/mol. The number of carbonyl (C=O) groups is 1. The Morgan fingerprint density at radius 2 is 2.44 bits per heavy atom. The average molecular weight is 246 g/mol. The third-order valence-electron chi connectivity index (χ3n) is 3.39. The molecule has 1 saturated heterocycles. The molecule has 0 bridgehead atoms. The first-order valence-electron chi connectivity index (χ1n) is 5.97. The molecule has 0 spiro atoms. The number of aromatic nitrogens is 2. The molecule has 0 amide bonds. The van der Waals surface area contributed by atoms with Crippen molar-refractivity contribution in [3.63, 3.8) is 0 Å². The largest absolute Gasteiger partial charge is 0.477 e. The maximum Gasteiger partial charge on any atom is 0.354 e. The molecule has 1 atom stereocenters. The lowest BCUT2D eigenvalue weighted by atomic mass is 10.0. The fourth-order valence-corrected chi connectivity index (χ4v) is 2.47. The fraction of sp³-hybridized carbons (Fsp3) is 0.385. The number of imidazole rings is 1. The van der Waals surface area contributed by atoms with Crippen LogP contribution in [0.5, 0.6) is 0 Å². The number of rotatable bonds is 2. The molecule has 3 rings (SSSR count). The summed E-state index contributed by atoms with van der Waals surface area (Å²) in [6.45, 7) is 3.17. The first-order valence-corrected chi connectivity index (χ1v) is 5.97. The van der Waals surface area contributed by atoms with Crippen LogP contribution in [-0.4, -0.2) is 33.7 Å². The lowest BCUT2D eigenvalue weighted by Crippen LogP contribution is -2.09. The average Bonchev–Trinajstić information content (AvgIpc) is 2.95. The minimum absolute atomic E-state index is 0.0930. The van der Waals surface area contributed by atoms with Gasteiger partial charge in [0.2, 0.25) is 0 Å². The predicted molar refractivity (Wildman–Crippen MR) is 65.1 cm³/mol. The van der Waals surface area contributed by atoms with E-state index in [2.05, 4.69) is 4.98 Å². The van der Waals surface area contributed by atoms with Crippen LogP contribution in [0, 0.1) is 6.92 Å². The molecule has 0 aliphatic carbocycles. The van der Waals surface area contributed by atoms with E-state index in [0.29, 0.717) is 18.9 Å². The highest BCUT2D eigenvalue weighted by atomic mass is 16.5. The van der Waals surface area contributed by atoms with E-state index in [1.165, 1.54) is 0 Å². The maximum atomic E-state index is 11.5. The molecule has 94 valence electrons. The van der Waals surface area contributed by atoms with E-state index in [0.717, 1.165) is 17.6 Å². The SMILES string of the molecule is Cc1cccn2c(C(=O)O)c(C3CCOC3)nc12. The van der Waals surface area contributed by atoms with Gasteiger partial charge in [-0.1, -0.05) is 6.07 Å². The van der Waals surface area contributed by atoms with Crippen molar-refractivity contribution in [2.75, 3.05) is 13.2 Å². The van der Waals surface area contributed by atoms with Gasteiger partial charge < -0.3 is 9.84 Å². The molecule has 2 aromatic heterocycles. The van der Waals surface area contributed by atoms with Crippen molar-refractivity contribution in [1.29, 1.82) is 0 Å². The minimum Gasteiger partial charge on any atom is -0.477 e. The van der Waals surface area contributed by atoms with Crippen molar-refractivity contribution in [1.82, 2.24) is 9.38 Å². The molecule has 5 nitrogen and oxygen atoms in total. The summed E-state index contributed by atoms with van der Waals surface area (Å²) in [5.74, 6) is -0.842. The van der Waals surface area contributed by atoms with Crippen LogP contribution in [0.4, 0.5) is 0 Å². The summed E-state index contributed by atoms with van der Waals surface area (Å²) in [4.78, 5) is 16.0. The molecule has 0 aromatic carbocycles. The van der Waals surface area contributed by atoms with Gasteiger partial charge >= 0.3 is 5.97 Å². The number of aromatic carboxylic acids is 1. The maximum absolute atomic E-state index is 11.5. The van der Waals surface area contributed by atoms with Crippen LogP contribution in [0.1, 0.15) is 34.1 Å². The molecule has 1 N–H and O–H groups in total. The molecule has 18 heavy (non-hydrogen) atoms. The summed E-state index contributed by atoms with van der Waals surface area (Å²) in [6, 6.07) is 3.77. The molecule has 1 fully saturated rings. The van der Waals surface area contributed by atoms with Gasteiger partial charge in [0.15, 0.2) is 5.69 Å². The number of fused-ring (bicyclic) bond motifs is 1. The fourth-order valence-electron chi connectivity index (χ4n) is 2.47. The molecule has 1 aliphatic rings. The lowest BCUT2D eigenvalue weighted by molar-refractivity contribution is 0.0687. The van der Waals surface area contributed by atoms with Gasteiger partial charge in [-0.05, 0) is 25.0 Å². The summed E-state index contributed by atoms with van der Waals surface area (Å²) in [6.07, 6.45) is 2.58. The Labute approximate surface area is 104 Å². The molecule has 2 aromatic rings. The van der Waals surface area contributed by atoms with Crippen molar-refractivity contribution in [3.8, 4) is 0 Å². The number of carboxylic acid groups (broad SMARTS) is 1. The summed E-state index contributed by atoms with van der Waals surface area (Å²) in [5.41, 5.74) is 2.61. The van der Waals surface area contributed by atoms with E-state index in [9.17, 15) is 9.90 Å². The minimum atomic E-state index is -0.935. The predicted octanol–water partition coefficient (Wildman–Crippen LogP) is 1.84. The number of carboxylic acids is 1. The summed E-state index contributed by atoms with van der Waals surface area (Å²) >= 11 is 0. The Morgan fingerprint density at radius 3 is 3.11 bits per heavy atom. The molecule has 0 radical (unpaired) electrons. The number of hydrogen-bond donors (Lipinski definition) is 1. The molecule has 1 unspecified atom stereocenters. The first-order chi connectivity index (χ1) is 8.68. The van der Waals surface area contributed by atoms with Gasteiger partial charge in [0, 0.05) is 18.7 Å². The first kappa shape index (κ1) is 11.2. The van der Waals surface area contributed by atoms with Crippen molar-refractivity contribution < 1.29 is 14.6 Å². The quantitative estimate of drug-likeness (QED) is 0.878. The van der Waals surface area contributed by atoms with Gasteiger partial charge in [-0.3, -0.25) is 4.40 Å². The zero-order chi connectivity index (χ0) is 12.7. The van der Waals surface area contributed by atoms with Gasteiger partial charge in [-0.25, -0.2) is 9.78 Å². The smallest absolute Gasteiger partial charge is 0.354 e. The normalized spacial score (nSPS) is 19.5. The van der Waals surface area contributed by atoms with Crippen molar-refractivity contribution >= 4 is 11.6 Å². The Bertz CT molecular complexity index is 612. The lowest BCUT2D eigenvalue weighted by Gasteiger charge is -2.04. The molecule has 3 heterocycles. The van der Waals surface area contributed by atoms with Crippen LogP contribution >= 0.6 is 0 Å². The zero-order valence-corrected chi connectivity index (χ0v) is 10.1. The highest BCUT2D eigenvalue weighted by molar-refractivity contribution is 5.89. The van der Waals surface area contributed by atoms with Crippen LogP contribution < -0.4 is 0 Å². The standard InChI is InChI=1S/C13H14N2O3/c1-8-3-2-5-15-11(13(16)17)10(14-12(8)15)9-4-6-18-7-9/h2-3,5,9H,4,6-7H2,1H3,(H,16,17).